The lowest BCUT2D eigenvalue weighted by molar-refractivity contribution is -0.206. The second-order valence-electron chi connectivity index (χ2n) is 7.63. The molecule has 1 saturated heterocycles. The van der Waals surface area contributed by atoms with Crippen molar-refractivity contribution in [1.29, 1.82) is 0 Å². The summed E-state index contributed by atoms with van der Waals surface area (Å²) in [6, 6.07) is 0. The lowest BCUT2D eigenvalue weighted by atomic mass is 9.94. The number of carbonyl (C=O) groups excluding carboxylic acids is 1. The van der Waals surface area contributed by atoms with E-state index < -0.39 is 41.9 Å². The first-order chi connectivity index (χ1) is 13.4. The molecule has 0 unspecified atom stereocenters. The normalized spacial score (nSPS) is 29.7. The van der Waals surface area contributed by atoms with Gasteiger partial charge in [-0.3, -0.25) is 4.57 Å². The van der Waals surface area contributed by atoms with E-state index in [0.717, 1.165) is 10.9 Å². The first-order valence-corrected chi connectivity index (χ1v) is 8.45. The number of hydrogen-bond acceptors (Lipinski definition) is 9. The Morgan fingerprint density at radius 3 is 2.69 bits per heavy atom. The van der Waals surface area contributed by atoms with Crippen molar-refractivity contribution in [1.82, 2.24) is 19.5 Å². The fourth-order valence-electron chi connectivity index (χ4n) is 2.91. The molecule has 3 heterocycles. The van der Waals surface area contributed by atoms with Crippen LogP contribution in [-0.4, -0.2) is 65.1 Å². The molecular weight excluding hydrogens is 389 g/mol. The van der Waals surface area contributed by atoms with Crippen LogP contribution in [0.5, 0.6) is 5.88 Å². The van der Waals surface area contributed by atoms with Gasteiger partial charge in [0.25, 0.3) is 11.7 Å². The minimum Gasteiger partial charge on any atom is -0.390 e. The number of aliphatic hydroxyl groups is 3. The standard InChI is InChI=1S/C17H20FN5O6/c1-5-16(27)11(25)17(18,6-24)29-13(16)23-7-20-8-9(23)21-12(15(2,3)4)22-10(8)28-14(19)26/h1,7,11,13,24-25,27H,6H2,2-4H3,(H2,19,26)/t11-,13+,16+,17+/m0/s1. The molecule has 1 amide bonds. The number of halogens is 1. The molecule has 0 saturated carbocycles. The van der Waals surface area contributed by atoms with Crippen LogP contribution in [0.3, 0.4) is 0 Å². The molecular formula is C17H20FN5O6. The van der Waals surface area contributed by atoms with Gasteiger partial charge in [-0.1, -0.05) is 26.7 Å². The minimum atomic E-state index is -3.03. The van der Waals surface area contributed by atoms with E-state index >= 15 is 0 Å². The van der Waals surface area contributed by atoms with Crippen molar-refractivity contribution < 1.29 is 34.0 Å². The van der Waals surface area contributed by atoms with E-state index in [0.29, 0.717) is 0 Å². The molecule has 2 aromatic heterocycles. The van der Waals surface area contributed by atoms with E-state index in [-0.39, 0.29) is 22.9 Å². The zero-order chi connectivity index (χ0) is 21.8. The highest BCUT2D eigenvalue weighted by Gasteiger charge is 2.65. The Morgan fingerprint density at radius 1 is 1.52 bits per heavy atom. The second-order valence-corrected chi connectivity index (χ2v) is 7.63. The summed E-state index contributed by atoms with van der Waals surface area (Å²) in [5.41, 5.74) is 1.82. The fraction of sp³-hybridized carbons (Fsp3) is 0.529. The molecule has 1 aliphatic rings. The number of carbonyl (C=O) groups is 1. The molecule has 0 aliphatic carbocycles. The third-order valence-corrected chi connectivity index (χ3v) is 4.47. The molecule has 29 heavy (non-hydrogen) atoms. The molecule has 0 radical (unpaired) electrons. The quantitative estimate of drug-likeness (QED) is 0.489. The predicted molar refractivity (Wildman–Crippen MR) is 95.1 cm³/mol. The molecule has 12 heteroatoms. The summed E-state index contributed by atoms with van der Waals surface area (Å²) >= 11 is 0. The summed E-state index contributed by atoms with van der Waals surface area (Å²) in [7, 11) is 0. The van der Waals surface area contributed by atoms with E-state index in [4.69, 9.17) is 21.6 Å². The van der Waals surface area contributed by atoms with E-state index in [1.54, 1.807) is 20.8 Å². The molecule has 156 valence electrons. The summed E-state index contributed by atoms with van der Waals surface area (Å²) < 4.78 is 25.8. The average Bonchev–Trinajstić information content (AvgIpc) is 3.14. The summed E-state index contributed by atoms with van der Waals surface area (Å²) in [4.78, 5) is 23.8. The molecule has 1 fully saturated rings. The Kier molecular flexibility index (Phi) is 4.75. The molecule has 0 bridgehead atoms. The van der Waals surface area contributed by atoms with Crippen LogP contribution < -0.4 is 10.5 Å². The van der Waals surface area contributed by atoms with Gasteiger partial charge in [0.2, 0.25) is 5.60 Å². The third-order valence-electron chi connectivity index (χ3n) is 4.47. The Hall–Kier alpha value is -2.85. The molecule has 3 rings (SSSR count). The molecule has 2 aromatic rings. The number of nitrogens with two attached hydrogens (primary N) is 1. The van der Waals surface area contributed by atoms with Crippen LogP contribution >= 0.6 is 0 Å². The number of nitrogens with zero attached hydrogens (tertiary/aromatic N) is 4. The highest BCUT2D eigenvalue weighted by molar-refractivity contribution is 5.80. The van der Waals surface area contributed by atoms with Gasteiger partial charge in [-0.25, -0.2) is 19.2 Å². The van der Waals surface area contributed by atoms with Gasteiger partial charge >= 0.3 is 6.09 Å². The van der Waals surface area contributed by atoms with Gasteiger partial charge in [-0.15, -0.1) is 6.42 Å². The number of aromatic nitrogens is 4. The Labute approximate surface area is 164 Å². The second kappa shape index (κ2) is 6.60. The van der Waals surface area contributed by atoms with Crippen LogP contribution in [0.2, 0.25) is 0 Å². The SMILES string of the molecule is C#C[C@]1(O)[C@H](n2cnc3c(OC(N)=O)nc(C(C)(C)C)nc32)O[C@](F)(CO)[C@H]1O. The Morgan fingerprint density at radius 2 is 2.17 bits per heavy atom. The van der Waals surface area contributed by atoms with Crippen LogP contribution in [0.15, 0.2) is 6.33 Å². The molecule has 0 aromatic carbocycles. The van der Waals surface area contributed by atoms with Gasteiger partial charge < -0.3 is 30.5 Å². The topological polar surface area (TPSA) is 166 Å². The van der Waals surface area contributed by atoms with Crippen molar-refractivity contribution in [2.45, 2.75) is 50.0 Å². The third kappa shape index (κ3) is 3.18. The van der Waals surface area contributed by atoms with Crippen LogP contribution in [0, 0.1) is 12.3 Å². The lowest BCUT2D eigenvalue weighted by Gasteiger charge is -2.26. The van der Waals surface area contributed by atoms with Crippen LogP contribution in [-0.2, 0) is 10.2 Å². The largest absolute Gasteiger partial charge is 0.411 e. The van der Waals surface area contributed by atoms with Crippen molar-refractivity contribution in [2.24, 2.45) is 5.73 Å². The van der Waals surface area contributed by atoms with Crippen molar-refractivity contribution in [3.05, 3.63) is 12.2 Å². The summed E-state index contributed by atoms with van der Waals surface area (Å²) in [6.07, 6.45) is 1.29. The summed E-state index contributed by atoms with van der Waals surface area (Å²) in [5, 5.41) is 30.2. The number of hydrogen-bond donors (Lipinski definition) is 4. The molecule has 4 atom stereocenters. The van der Waals surface area contributed by atoms with Crippen molar-refractivity contribution in [3.8, 4) is 18.2 Å². The number of fused-ring (bicyclic) bond motifs is 1. The monoisotopic (exact) mass is 409 g/mol. The van der Waals surface area contributed by atoms with E-state index in [1.165, 1.54) is 0 Å². The number of alkyl halides is 1. The fourth-order valence-corrected chi connectivity index (χ4v) is 2.91. The van der Waals surface area contributed by atoms with Crippen molar-refractivity contribution in [2.75, 3.05) is 6.61 Å². The number of aliphatic hydroxyl groups excluding tert-OH is 2. The van der Waals surface area contributed by atoms with Crippen molar-refractivity contribution in [3.63, 3.8) is 0 Å². The van der Waals surface area contributed by atoms with E-state index in [1.807, 2.05) is 5.92 Å². The number of ether oxygens (including phenoxy) is 2. The highest BCUT2D eigenvalue weighted by atomic mass is 19.2. The van der Waals surface area contributed by atoms with Gasteiger partial charge in [0.05, 0.1) is 6.33 Å². The van der Waals surface area contributed by atoms with Gasteiger partial charge in [-0.05, 0) is 0 Å². The zero-order valence-electron chi connectivity index (χ0n) is 15.8. The summed E-state index contributed by atoms with van der Waals surface area (Å²) in [5.74, 6) is -1.18. The number of amides is 1. The number of primary amides is 1. The smallest absolute Gasteiger partial charge is 0.390 e. The predicted octanol–water partition coefficient (Wildman–Crippen LogP) is -0.507. The number of imidazole rings is 1. The van der Waals surface area contributed by atoms with Crippen LogP contribution in [0.25, 0.3) is 11.2 Å². The van der Waals surface area contributed by atoms with Gasteiger partial charge in [-0.2, -0.15) is 4.98 Å². The first-order valence-electron chi connectivity index (χ1n) is 8.45. The van der Waals surface area contributed by atoms with Crippen molar-refractivity contribution >= 4 is 17.3 Å². The maximum Gasteiger partial charge on any atom is 0.411 e. The first kappa shape index (κ1) is 20.9. The Balaban J connectivity index is 2.26. The maximum absolute atomic E-state index is 14.7. The average molecular weight is 409 g/mol. The van der Waals surface area contributed by atoms with E-state index in [2.05, 4.69) is 15.0 Å². The molecule has 1 aliphatic heterocycles. The Bertz CT molecular complexity index is 1010. The lowest BCUT2D eigenvalue weighted by Crippen LogP contribution is -2.49. The number of rotatable bonds is 3. The van der Waals surface area contributed by atoms with Gasteiger partial charge in [0.1, 0.15) is 12.4 Å². The zero-order valence-corrected chi connectivity index (χ0v) is 15.8. The minimum absolute atomic E-state index is 0.0331. The molecule has 11 nitrogen and oxygen atoms in total. The maximum atomic E-state index is 14.7. The van der Waals surface area contributed by atoms with Crippen LogP contribution in [0.4, 0.5) is 9.18 Å². The summed E-state index contributed by atoms with van der Waals surface area (Å²) in [6.45, 7) is 4.10. The highest BCUT2D eigenvalue weighted by Crippen LogP contribution is 2.46. The molecule has 0 spiro atoms. The van der Waals surface area contributed by atoms with Gasteiger partial charge in [0, 0.05) is 5.41 Å². The molecule has 5 N–H and O–H groups in total. The number of terminal acetylenes is 1. The van der Waals surface area contributed by atoms with E-state index in [9.17, 15) is 24.5 Å². The van der Waals surface area contributed by atoms with Gasteiger partial charge in [0.15, 0.2) is 23.5 Å². The van der Waals surface area contributed by atoms with Crippen LogP contribution in [0.1, 0.15) is 32.8 Å².